The van der Waals surface area contributed by atoms with Crippen molar-refractivity contribution in [3.05, 3.63) is 53.9 Å². The number of rotatable bonds is 4. The molecule has 0 amide bonds. The lowest BCUT2D eigenvalue weighted by molar-refractivity contribution is -0.137. The van der Waals surface area contributed by atoms with E-state index < -0.39 is 21.8 Å². The van der Waals surface area contributed by atoms with Gasteiger partial charge in [-0.25, -0.2) is 8.42 Å². The number of sulfonamides is 1. The van der Waals surface area contributed by atoms with Crippen LogP contribution in [-0.2, 0) is 16.2 Å². The third kappa shape index (κ3) is 3.53. The first-order chi connectivity index (χ1) is 11.7. The third-order valence-electron chi connectivity index (χ3n) is 3.31. The first-order valence-corrected chi connectivity index (χ1v) is 8.37. The van der Waals surface area contributed by atoms with Gasteiger partial charge in [0.2, 0.25) is 5.76 Å². The number of hydrogen-bond donors (Lipinski definition) is 1. The van der Waals surface area contributed by atoms with Gasteiger partial charge >= 0.3 is 6.18 Å². The minimum Gasteiger partial charge on any atom is -0.456 e. The van der Waals surface area contributed by atoms with E-state index in [0.717, 1.165) is 24.3 Å². The largest absolute Gasteiger partial charge is 0.456 e. The van der Waals surface area contributed by atoms with Crippen LogP contribution >= 0.6 is 0 Å². The highest BCUT2D eigenvalue weighted by Gasteiger charge is 2.30. The van der Waals surface area contributed by atoms with Crippen LogP contribution in [0.2, 0.25) is 0 Å². The highest BCUT2D eigenvalue weighted by atomic mass is 32.2. The molecule has 0 aliphatic carbocycles. The molecular weight excluding hydrogens is 361 g/mol. The smallest absolute Gasteiger partial charge is 0.416 e. The van der Waals surface area contributed by atoms with E-state index in [4.69, 9.17) is 8.94 Å². The molecule has 0 spiro atoms. The van der Waals surface area contributed by atoms with Crippen molar-refractivity contribution in [3.63, 3.8) is 0 Å². The summed E-state index contributed by atoms with van der Waals surface area (Å²) < 4.78 is 75.0. The topological polar surface area (TPSA) is 85.3 Å². The molecule has 3 aromatic rings. The second-order valence-electron chi connectivity index (χ2n) is 5.09. The lowest BCUT2D eigenvalue weighted by Gasteiger charge is -2.09. The quantitative estimate of drug-likeness (QED) is 0.746. The van der Waals surface area contributed by atoms with Gasteiger partial charge in [-0.2, -0.15) is 13.2 Å². The summed E-state index contributed by atoms with van der Waals surface area (Å²) in [7, 11) is -4.05. The molecule has 2 aromatic heterocycles. The van der Waals surface area contributed by atoms with E-state index in [1.165, 1.54) is 25.3 Å². The van der Waals surface area contributed by atoms with Crippen LogP contribution in [0.5, 0.6) is 0 Å². The van der Waals surface area contributed by atoms with E-state index in [0.29, 0.717) is 0 Å². The maximum atomic E-state index is 12.5. The van der Waals surface area contributed by atoms with Crippen LogP contribution in [0.1, 0.15) is 11.3 Å². The van der Waals surface area contributed by atoms with Crippen LogP contribution < -0.4 is 4.72 Å². The zero-order chi connectivity index (χ0) is 18.2. The monoisotopic (exact) mass is 372 g/mol. The molecule has 0 saturated heterocycles. The SMILES string of the molecule is Cc1oc(-c2ccno2)cc1S(=O)(=O)Nc1ccc(C(F)(F)F)cc1. The number of aryl methyl sites for hydroxylation is 1. The second-order valence-corrected chi connectivity index (χ2v) is 6.74. The predicted molar refractivity (Wildman–Crippen MR) is 81.2 cm³/mol. The standard InChI is InChI=1S/C15H11F3N2O4S/c1-9-14(8-13(23-9)12-6-7-19-24-12)25(21,22)20-11-4-2-10(3-5-11)15(16,17)18/h2-8,20H,1H3. The summed E-state index contributed by atoms with van der Waals surface area (Å²) in [6.45, 7) is 1.45. The molecule has 0 aliphatic heterocycles. The van der Waals surface area contributed by atoms with E-state index in [9.17, 15) is 21.6 Å². The molecular formula is C15H11F3N2O4S. The van der Waals surface area contributed by atoms with Gasteiger partial charge in [0.1, 0.15) is 10.7 Å². The fraction of sp³-hybridized carbons (Fsp3) is 0.133. The molecule has 0 bridgehead atoms. The Morgan fingerprint density at radius 1 is 1.08 bits per heavy atom. The minimum absolute atomic E-state index is 0.00480. The van der Waals surface area contributed by atoms with Crippen molar-refractivity contribution in [1.29, 1.82) is 0 Å². The van der Waals surface area contributed by atoms with Crippen molar-refractivity contribution < 1.29 is 30.5 Å². The lowest BCUT2D eigenvalue weighted by atomic mass is 10.2. The molecule has 0 fully saturated rings. The summed E-state index contributed by atoms with van der Waals surface area (Å²) in [5.41, 5.74) is -0.877. The van der Waals surface area contributed by atoms with Gasteiger partial charge in [0.15, 0.2) is 5.76 Å². The fourth-order valence-corrected chi connectivity index (χ4v) is 3.37. The van der Waals surface area contributed by atoms with Gasteiger partial charge in [0, 0.05) is 17.8 Å². The molecule has 132 valence electrons. The summed E-state index contributed by atoms with van der Waals surface area (Å²) in [5.74, 6) is 0.521. The van der Waals surface area contributed by atoms with Crippen molar-refractivity contribution in [2.45, 2.75) is 18.0 Å². The summed E-state index contributed by atoms with van der Waals surface area (Å²) in [6.07, 6.45) is -3.12. The van der Waals surface area contributed by atoms with Gasteiger partial charge in [-0.15, -0.1) is 0 Å². The Balaban J connectivity index is 1.87. The van der Waals surface area contributed by atoms with Crippen molar-refractivity contribution >= 4 is 15.7 Å². The Morgan fingerprint density at radius 2 is 1.76 bits per heavy atom. The normalized spacial score (nSPS) is 12.3. The number of aromatic nitrogens is 1. The van der Waals surface area contributed by atoms with Gasteiger partial charge in [-0.05, 0) is 31.2 Å². The average molecular weight is 372 g/mol. The molecule has 2 heterocycles. The number of anilines is 1. The van der Waals surface area contributed by atoms with Crippen molar-refractivity contribution in [2.75, 3.05) is 4.72 Å². The maximum absolute atomic E-state index is 12.5. The van der Waals surface area contributed by atoms with Crippen molar-refractivity contribution in [2.24, 2.45) is 0 Å². The molecule has 0 radical (unpaired) electrons. The molecule has 3 rings (SSSR count). The first kappa shape index (κ1) is 17.1. The van der Waals surface area contributed by atoms with Gasteiger partial charge < -0.3 is 8.94 Å². The molecule has 0 atom stereocenters. The number of nitrogens with one attached hydrogen (secondary N) is 1. The van der Waals surface area contributed by atoms with Gasteiger partial charge in [-0.3, -0.25) is 4.72 Å². The number of alkyl halides is 3. The summed E-state index contributed by atoms with van der Waals surface area (Å²) >= 11 is 0. The van der Waals surface area contributed by atoms with Crippen LogP contribution in [0.4, 0.5) is 18.9 Å². The summed E-state index contributed by atoms with van der Waals surface area (Å²) in [4.78, 5) is -0.154. The second kappa shape index (κ2) is 5.96. The van der Waals surface area contributed by atoms with Gasteiger partial charge in [0.05, 0.1) is 11.8 Å². The molecule has 10 heteroatoms. The minimum atomic E-state index is -4.50. The molecule has 1 aromatic carbocycles. The van der Waals surface area contributed by atoms with E-state index in [-0.39, 0.29) is 27.9 Å². The molecule has 25 heavy (non-hydrogen) atoms. The molecule has 1 N–H and O–H groups in total. The number of nitrogens with zero attached hydrogens (tertiary/aromatic N) is 1. The fourth-order valence-electron chi connectivity index (χ4n) is 2.13. The zero-order valence-electron chi connectivity index (χ0n) is 12.7. The molecule has 0 aliphatic rings. The van der Waals surface area contributed by atoms with Crippen LogP contribution in [0, 0.1) is 6.92 Å². The Bertz CT molecular complexity index is 975. The van der Waals surface area contributed by atoms with Crippen LogP contribution in [-0.4, -0.2) is 13.6 Å². The molecule has 0 unspecified atom stereocenters. The Hall–Kier alpha value is -2.75. The van der Waals surface area contributed by atoms with Crippen LogP contribution in [0.25, 0.3) is 11.5 Å². The number of furan rings is 1. The number of benzene rings is 1. The highest BCUT2D eigenvalue weighted by molar-refractivity contribution is 7.92. The number of hydrogen-bond acceptors (Lipinski definition) is 5. The van der Waals surface area contributed by atoms with Crippen LogP contribution in [0.3, 0.4) is 0 Å². The lowest BCUT2D eigenvalue weighted by Crippen LogP contribution is -2.13. The summed E-state index contributed by atoms with van der Waals surface area (Å²) in [6, 6.07) is 6.40. The predicted octanol–water partition coefficient (Wildman–Crippen LogP) is 4.06. The molecule has 6 nitrogen and oxygen atoms in total. The average Bonchev–Trinajstić information content (AvgIpc) is 3.15. The van der Waals surface area contributed by atoms with Crippen molar-refractivity contribution in [1.82, 2.24) is 5.16 Å². The third-order valence-corrected chi connectivity index (χ3v) is 4.80. The Labute approximate surface area is 140 Å². The van der Waals surface area contributed by atoms with E-state index in [2.05, 4.69) is 9.88 Å². The van der Waals surface area contributed by atoms with Crippen molar-refractivity contribution in [3.8, 4) is 11.5 Å². The van der Waals surface area contributed by atoms with E-state index in [1.54, 1.807) is 0 Å². The Kier molecular flexibility index (Phi) is 4.07. The van der Waals surface area contributed by atoms with Crippen LogP contribution in [0.15, 0.2) is 56.4 Å². The summed E-state index contributed by atoms with van der Waals surface area (Å²) in [5, 5.41) is 3.50. The van der Waals surface area contributed by atoms with E-state index >= 15 is 0 Å². The highest BCUT2D eigenvalue weighted by Crippen LogP contribution is 2.31. The number of halogens is 3. The maximum Gasteiger partial charge on any atom is 0.416 e. The van der Waals surface area contributed by atoms with Gasteiger partial charge in [-0.1, -0.05) is 5.16 Å². The zero-order valence-corrected chi connectivity index (χ0v) is 13.5. The van der Waals surface area contributed by atoms with Gasteiger partial charge in [0.25, 0.3) is 10.0 Å². The molecule has 0 saturated carbocycles. The van der Waals surface area contributed by atoms with E-state index in [1.807, 2.05) is 0 Å². The Morgan fingerprint density at radius 3 is 2.32 bits per heavy atom. The first-order valence-electron chi connectivity index (χ1n) is 6.88.